The van der Waals surface area contributed by atoms with Crippen molar-refractivity contribution in [3.63, 3.8) is 0 Å². The molecule has 2 aromatic rings. The molecule has 0 bridgehead atoms. The molecule has 5 nitrogen and oxygen atoms in total. The Labute approximate surface area is 74.9 Å². The van der Waals surface area contributed by atoms with E-state index in [0.717, 1.165) is 0 Å². The topological polar surface area (TPSA) is 77.5 Å². The molecule has 0 aromatic carbocycles. The standard InChI is InChI=1S/C7H7N3O2S/c8-13(11,12)7-6-3-1-2-4-10(6)5-9-7/h1-5H,(H2,8,11,12). The second-order valence-electron chi connectivity index (χ2n) is 2.59. The predicted octanol–water partition coefficient (Wildman–Crippen LogP) is -0.0183. The molecule has 2 aromatic heterocycles. The normalized spacial score (nSPS) is 12.1. The maximum absolute atomic E-state index is 11.0. The van der Waals surface area contributed by atoms with Crippen molar-refractivity contribution in [2.75, 3.05) is 0 Å². The number of primary sulfonamides is 1. The second kappa shape index (κ2) is 2.54. The third-order valence-electron chi connectivity index (χ3n) is 1.68. The summed E-state index contributed by atoms with van der Waals surface area (Å²) < 4.78 is 23.6. The zero-order valence-corrected chi connectivity index (χ0v) is 7.40. The third-order valence-corrected chi connectivity index (χ3v) is 2.53. The van der Waals surface area contributed by atoms with Crippen LogP contribution in [0.15, 0.2) is 35.7 Å². The van der Waals surface area contributed by atoms with E-state index in [2.05, 4.69) is 4.98 Å². The number of aromatic nitrogens is 2. The molecule has 0 atom stereocenters. The maximum atomic E-state index is 11.0. The Hall–Kier alpha value is -1.40. The van der Waals surface area contributed by atoms with Gasteiger partial charge in [0.15, 0.2) is 5.03 Å². The number of hydrogen-bond donors (Lipinski definition) is 1. The van der Waals surface area contributed by atoms with Gasteiger partial charge >= 0.3 is 0 Å². The molecular weight excluding hydrogens is 190 g/mol. The van der Waals surface area contributed by atoms with E-state index >= 15 is 0 Å². The number of imidazole rings is 1. The van der Waals surface area contributed by atoms with Gasteiger partial charge in [0, 0.05) is 6.20 Å². The van der Waals surface area contributed by atoms with E-state index < -0.39 is 10.0 Å². The molecule has 0 radical (unpaired) electrons. The lowest BCUT2D eigenvalue weighted by Gasteiger charge is -1.93. The first kappa shape index (κ1) is 8.21. The van der Waals surface area contributed by atoms with Crippen LogP contribution in [-0.4, -0.2) is 17.8 Å². The van der Waals surface area contributed by atoms with Crippen LogP contribution in [-0.2, 0) is 10.0 Å². The van der Waals surface area contributed by atoms with Crippen LogP contribution in [0.4, 0.5) is 0 Å². The Morgan fingerprint density at radius 2 is 2.15 bits per heavy atom. The van der Waals surface area contributed by atoms with E-state index in [-0.39, 0.29) is 5.03 Å². The van der Waals surface area contributed by atoms with Crippen LogP contribution in [0.25, 0.3) is 5.52 Å². The van der Waals surface area contributed by atoms with E-state index in [1.54, 1.807) is 28.8 Å². The molecule has 0 aliphatic carbocycles. The first-order valence-corrected chi connectivity index (χ1v) is 5.08. The minimum atomic E-state index is -3.72. The number of pyridine rings is 1. The molecule has 0 unspecified atom stereocenters. The highest BCUT2D eigenvalue weighted by molar-refractivity contribution is 7.89. The van der Waals surface area contributed by atoms with Crippen molar-refractivity contribution in [2.24, 2.45) is 5.14 Å². The average molecular weight is 197 g/mol. The number of fused-ring (bicyclic) bond motifs is 1. The van der Waals surface area contributed by atoms with Crippen molar-refractivity contribution in [1.29, 1.82) is 0 Å². The molecule has 0 aliphatic rings. The van der Waals surface area contributed by atoms with Crippen LogP contribution >= 0.6 is 0 Å². The van der Waals surface area contributed by atoms with Gasteiger partial charge in [-0.25, -0.2) is 18.5 Å². The van der Waals surface area contributed by atoms with Crippen molar-refractivity contribution < 1.29 is 8.42 Å². The molecular formula is C7H7N3O2S. The summed E-state index contributed by atoms with van der Waals surface area (Å²) in [6, 6.07) is 5.15. The number of rotatable bonds is 1. The lowest BCUT2D eigenvalue weighted by atomic mass is 10.4. The van der Waals surface area contributed by atoms with E-state index in [1.165, 1.54) is 6.33 Å². The molecule has 0 fully saturated rings. The third kappa shape index (κ3) is 1.30. The predicted molar refractivity (Wildman–Crippen MR) is 46.6 cm³/mol. The van der Waals surface area contributed by atoms with Crippen molar-refractivity contribution in [1.82, 2.24) is 9.38 Å². The van der Waals surface area contributed by atoms with Crippen LogP contribution in [0.1, 0.15) is 0 Å². The van der Waals surface area contributed by atoms with Crippen LogP contribution < -0.4 is 5.14 Å². The molecule has 0 spiro atoms. The van der Waals surface area contributed by atoms with Gasteiger partial charge in [0.2, 0.25) is 0 Å². The zero-order chi connectivity index (χ0) is 9.47. The summed E-state index contributed by atoms with van der Waals surface area (Å²) in [6.45, 7) is 0. The fraction of sp³-hybridized carbons (Fsp3) is 0. The Kier molecular flexibility index (Phi) is 1.61. The number of nitrogens with two attached hydrogens (primary N) is 1. The molecule has 2 heterocycles. The summed E-state index contributed by atoms with van der Waals surface area (Å²) in [5.41, 5.74) is 0.491. The van der Waals surface area contributed by atoms with Gasteiger partial charge in [-0.1, -0.05) is 6.07 Å². The highest BCUT2D eigenvalue weighted by atomic mass is 32.2. The van der Waals surface area contributed by atoms with Crippen LogP contribution in [0.5, 0.6) is 0 Å². The highest BCUT2D eigenvalue weighted by Gasteiger charge is 2.14. The van der Waals surface area contributed by atoms with Gasteiger partial charge in [0.1, 0.15) is 6.33 Å². The highest BCUT2D eigenvalue weighted by Crippen LogP contribution is 2.12. The van der Waals surface area contributed by atoms with E-state index in [9.17, 15) is 8.42 Å². The van der Waals surface area contributed by atoms with Gasteiger partial charge in [-0.2, -0.15) is 0 Å². The molecule has 0 saturated carbocycles. The van der Waals surface area contributed by atoms with Gasteiger partial charge < -0.3 is 4.40 Å². The summed E-state index contributed by atoms with van der Waals surface area (Å²) in [5.74, 6) is 0. The van der Waals surface area contributed by atoms with Crippen molar-refractivity contribution in [3.05, 3.63) is 30.7 Å². The summed E-state index contributed by atoms with van der Waals surface area (Å²) in [6.07, 6.45) is 3.12. The molecule has 6 heteroatoms. The Bertz CT molecular complexity index is 544. The largest absolute Gasteiger partial charge is 0.305 e. The zero-order valence-electron chi connectivity index (χ0n) is 6.58. The van der Waals surface area contributed by atoms with E-state index in [0.29, 0.717) is 5.52 Å². The fourth-order valence-electron chi connectivity index (χ4n) is 1.14. The lowest BCUT2D eigenvalue weighted by Crippen LogP contribution is -2.12. The molecule has 0 saturated heterocycles. The van der Waals surface area contributed by atoms with Gasteiger partial charge in [0.25, 0.3) is 10.0 Å². The minimum absolute atomic E-state index is 0.0897. The Morgan fingerprint density at radius 3 is 2.85 bits per heavy atom. The van der Waals surface area contributed by atoms with Crippen molar-refractivity contribution in [3.8, 4) is 0 Å². The van der Waals surface area contributed by atoms with Gasteiger partial charge in [0.05, 0.1) is 5.52 Å². The van der Waals surface area contributed by atoms with E-state index in [1.807, 2.05) is 0 Å². The maximum Gasteiger partial charge on any atom is 0.257 e. The van der Waals surface area contributed by atoms with Crippen LogP contribution in [0.3, 0.4) is 0 Å². The molecule has 68 valence electrons. The first-order chi connectivity index (χ1) is 6.09. The Morgan fingerprint density at radius 1 is 1.38 bits per heavy atom. The Balaban J connectivity index is 2.87. The summed E-state index contributed by atoms with van der Waals surface area (Å²) in [4.78, 5) is 3.72. The average Bonchev–Trinajstić information content (AvgIpc) is 2.45. The summed E-state index contributed by atoms with van der Waals surface area (Å²) >= 11 is 0. The lowest BCUT2D eigenvalue weighted by molar-refractivity contribution is 0.596. The quantitative estimate of drug-likeness (QED) is 0.698. The van der Waals surface area contributed by atoms with Crippen LogP contribution in [0.2, 0.25) is 0 Å². The first-order valence-electron chi connectivity index (χ1n) is 3.53. The molecule has 13 heavy (non-hydrogen) atoms. The number of sulfonamides is 1. The smallest absolute Gasteiger partial charge is 0.257 e. The van der Waals surface area contributed by atoms with Crippen molar-refractivity contribution in [2.45, 2.75) is 5.03 Å². The summed E-state index contributed by atoms with van der Waals surface area (Å²) in [5, 5.41) is 4.87. The molecule has 2 rings (SSSR count). The fourth-order valence-corrected chi connectivity index (χ4v) is 1.80. The van der Waals surface area contributed by atoms with E-state index in [4.69, 9.17) is 5.14 Å². The monoisotopic (exact) mass is 197 g/mol. The molecule has 2 N–H and O–H groups in total. The minimum Gasteiger partial charge on any atom is -0.305 e. The van der Waals surface area contributed by atoms with Gasteiger partial charge in [-0.15, -0.1) is 0 Å². The SMILES string of the molecule is NS(=O)(=O)c1ncn2ccccc12. The van der Waals surface area contributed by atoms with Gasteiger partial charge in [-0.3, -0.25) is 0 Å². The second-order valence-corrected chi connectivity index (χ2v) is 4.06. The summed E-state index contributed by atoms with van der Waals surface area (Å²) in [7, 11) is -3.72. The van der Waals surface area contributed by atoms with Crippen molar-refractivity contribution >= 4 is 15.5 Å². The molecule has 0 amide bonds. The van der Waals surface area contributed by atoms with Crippen LogP contribution in [0, 0.1) is 0 Å². The van der Waals surface area contributed by atoms with Gasteiger partial charge in [-0.05, 0) is 12.1 Å². The molecule has 0 aliphatic heterocycles. The number of hydrogen-bond acceptors (Lipinski definition) is 3. The number of nitrogens with zero attached hydrogens (tertiary/aromatic N) is 2.